The van der Waals surface area contributed by atoms with E-state index in [1.807, 2.05) is 0 Å². The lowest BCUT2D eigenvalue weighted by atomic mass is 10.0. The normalized spacial score (nSPS) is 24.3. The Morgan fingerprint density at radius 3 is 2.39 bits per heavy atom. The quantitative estimate of drug-likeness (QED) is 0.589. The van der Waals surface area contributed by atoms with Crippen LogP contribution in [0.5, 0.6) is 0 Å². The predicted molar refractivity (Wildman–Crippen MR) is 91.4 cm³/mol. The number of nitrogens with one attached hydrogen (secondary N) is 1. The molecular formula is C13H17BrClN3O4S. The first-order chi connectivity index (χ1) is 10.3. The maximum atomic E-state index is 12.8. The summed E-state index contributed by atoms with van der Waals surface area (Å²) >= 11 is 3.22. The minimum absolute atomic E-state index is 0. The summed E-state index contributed by atoms with van der Waals surface area (Å²) in [6.07, 6.45) is 0. The molecule has 2 atom stereocenters. The summed E-state index contributed by atoms with van der Waals surface area (Å²) in [5, 5.41) is 14.4. The highest BCUT2D eigenvalue weighted by atomic mass is 79.9. The van der Waals surface area contributed by atoms with Crippen LogP contribution in [0.2, 0.25) is 0 Å². The molecule has 0 radical (unpaired) electrons. The molecular weight excluding hydrogens is 410 g/mol. The second kappa shape index (κ2) is 6.64. The molecule has 0 saturated carbocycles. The van der Waals surface area contributed by atoms with Crippen molar-refractivity contribution < 1.29 is 13.3 Å². The smallest absolute Gasteiger partial charge is 0.274 e. The molecule has 0 aliphatic carbocycles. The van der Waals surface area contributed by atoms with Gasteiger partial charge in [-0.3, -0.25) is 10.1 Å². The Morgan fingerprint density at radius 2 is 1.87 bits per heavy atom. The summed E-state index contributed by atoms with van der Waals surface area (Å²) in [4.78, 5) is 10.5. The van der Waals surface area contributed by atoms with Crippen LogP contribution in [-0.2, 0) is 10.0 Å². The van der Waals surface area contributed by atoms with E-state index in [4.69, 9.17) is 0 Å². The SMILES string of the molecule is Cc1c(Br)cc(S(=O)(=O)N2C[C@H]3CNC[C@H]3C2)cc1[N+](=O)[O-].Cl. The van der Waals surface area contributed by atoms with Crippen molar-refractivity contribution in [3.05, 3.63) is 32.3 Å². The Kier molecular flexibility index (Phi) is 5.37. The zero-order chi connectivity index (χ0) is 16.1. The van der Waals surface area contributed by atoms with Crippen molar-refractivity contribution in [2.75, 3.05) is 26.2 Å². The van der Waals surface area contributed by atoms with Crippen LogP contribution in [0.15, 0.2) is 21.5 Å². The lowest BCUT2D eigenvalue weighted by molar-refractivity contribution is -0.385. The summed E-state index contributed by atoms with van der Waals surface area (Å²) < 4.78 is 27.4. The molecule has 1 aromatic rings. The van der Waals surface area contributed by atoms with Crippen molar-refractivity contribution in [1.29, 1.82) is 0 Å². The molecule has 2 fully saturated rings. The average molecular weight is 427 g/mol. The Balaban J connectivity index is 0.00000192. The van der Waals surface area contributed by atoms with Crippen molar-refractivity contribution in [3.8, 4) is 0 Å². The van der Waals surface area contributed by atoms with Gasteiger partial charge in [0.05, 0.1) is 9.82 Å². The second-order valence-electron chi connectivity index (χ2n) is 5.81. The summed E-state index contributed by atoms with van der Waals surface area (Å²) in [5.41, 5.74) is 0.237. The van der Waals surface area contributed by atoms with E-state index in [2.05, 4.69) is 21.2 Å². The van der Waals surface area contributed by atoms with Gasteiger partial charge in [-0.25, -0.2) is 8.42 Å². The number of fused-ring (bicyclic) bond motifs is 1. The van der Waals surface area contributed by atoms with E-state index in [1.165, 1.54) is 10.4 Å². The van der Waals surface area contributed by atoms with Crippen LogP contribution < -0.4 is 5.32 Å². The number of sulfonamides is 1. The first-order valence-electron chi connectivity index (χ1n) is 6.96. The van der Waals surface area contributed by atoms with Crippen LogP contribution in [0.1, 0.15) is 5.56 Å². The van der Waals surface area contributed by atoms with Crippen molar-refractivity contribution in [3.63, 3.8) is 0 Å². The summed E-state index contributed by atoms with van der Waals surface area (Å²) in [6.45, 7) is 4.19. The molecule has 23 heavy (non-hydrogen) atoms. The van der Waals surface area contributed by atoms with Gasteiger partial charge < -0.3 is 5.32 Å². The van der Waals surface area contributed by atoms with Gasteiger partial charge in [-0.05, 0) is 37.9 Å². The molecule has 2 aliphatic rings. The molecule has 1 N–H and O–H groups in total. The minimum Gasteiger partial charge on any atom is -0.316 e. The number of benzene rings is 1. The van der Waals surface area contributed by atoms with E-state index in [9.17, 15) is 18.5 Å². The number of hydrogen-bond acceptors (Lipinski definition) is 5. The van der Waals surface area contributed by atoms with Gasteiger partial charge in [0.15, 0.2) is 0 Å². The van der Waals surface area contributed by atoms with Crippen molar-refractivity contribution in [2.24, 2.45) is 11.8 Å². The number of nitro groups is 1. The van der Waals surface area contributed by atoms with Gasteiger partial charge >= 0.3 is 0 Å². The van der Waals surface area contributed by atoms with E-state index < -0.39 is 14.9 Å². The topological polar surface area (TPSA) is 92.6 Å². The van der Waals surface area contributed by atoms with E-state index in [1.54, 1.807) is 6.92 Å². The zero-order valence-corrected chi connectivity index (χ0v) is 15.6. The molecule has 10 heteroatoms. The Bertz CT molecular complexity index is 731. The largest absolute Gasteiger partial charge is 0.316 e. The average Bonchev–Trinajstić information content (AvgIpc) is 3.02. The number of hydrogen-bond donors (Lipinski definition) is 1. The third-order valence-corrected chi connectivity index (χ3v) is 7.11. The molecule has 0 spiro atoms. The highest BCUT2D eigenvalue weighted by molar-refractivity contribution is 9.10. The summed E-state index contributed by atoms with van der Waals surface area (Å²) in [7, 11) is -3.70. The molecule has 2 aliphatic heterocycles. The summed E-state index contributed by atoms with van der Waals surface area (Å²) in [5.74, 6) is 0.664. The monoisotopic (exact) mass is 425 g/mol. The van der Waals surface area contributed by atoms with Crippen LogP contribution in [0.4, 0.5) is 5.69 Å². The van der Waals surface area contributed by atoms with Gasteiger partial charge in [-0.15, -0.1) is 12.4 Å². The Labute approximate surface area is 149 Å². The Morgan fingerprint density at radius 1 is 1.30 bits per heavy atom. The maximum absolute atomic E-state index is 12.8. The van der Waals surface area contributed by atoms with Gasteiger partial charge in [-0.1, -0.05) is 15.9 Å². The molecule has 0 amide bonds. The van der Waals surface area contributed by atoms with Gasteiger partial charge in [0.1, 0.15) is 0 Å². The first kappa shape index (κ1) is 18.6. The van der Waals surface area contributed by atoms with E-state index >= 15 is 0 Å². The molecule has 0 unspecified atom stereocenters. The fraction of sp³-hybridized carbons (Fsp3) is 0.538. The molecule has 1 aromatic carbocycles. The molecule has 0 bridgehead atoms. The van der Waals surface area contributed by atoms with Gasteiger partial charge in [0.2, 0.25) is 10.0 Å². The third kappa shape index (κ3) is 3.25. The summed E-state index contributed by atoms with van der Waals surface area (Å²) in [6, 6.07) is 2.60. The van der Waals surface area contributed by atoms with Crippen LogP contribution >= 0.6 is 28.3 Å². The van der Waals surface area contributed by atoms with Crippen LogP contribution in [0, 0.1) is 28.9 Å². The first-order valence-corrected chi connectivity index (χ1v) is 9.19. The fourth-order valence-corrected chi connectivity index (χ4v) is 5.34. The standard InChI is InChI=1S/C13H16BrN3O4S.ClH/c1-8-12(14)2-11(3-13(8)17(18)19)22(20,21)16-6-9-4-15-5-10(9)7-16;/h2-3,9-10,15H,4-7H2,1H3;1H/t9-,10+;. The van der Waals surface area contributed by atoms with Gasteiger partial charge in [-0.2, -0.15) is 4.31 Å². The number of nitro benzene ring substituents is 1. The van der Waals surface area contributed by atoms with E-state index in [-0.39, 0.29) is 23.0 Å². The lowest BCUT2D eigenvalue weighted by Crippen LogP contribution is -2.32. The second-order valence-corrected chi connectivity index (χ2v) is 8.60. The number of nitrogens with zero attached hydrogens (tertiary/aromatic N) is 2. The highest BCUT2D eigenvalue weighted by Crippen LogP contribution is 2.34. The molecule has 2 heterocycles. The Hall–Kier alpha value is -0.740. The molecule has 3 rings (SSSR count). The molecule has 7 nitrogen and oxygen atoms in total. The minimum atomic E-state index is -3.70. The molecule has 128 valence electrons. The van der Waals surface area contributed by atoms with Gasteiger partial charge in [0.25, 0.3) is 5.69 Å². The predicted octanol–water partition coefficient (Wildman–Crippen LogP) is 1.93. The van der Waals surface area contributed by atoms with Crippen LogP contribution in [0.3, 0.4) is 0 Å². The van der Waals surface area contributed by atoms with Crippen LogP contribution in [-0.4, -0.2) is 43.8 Å². The molecule has 0 aromatic heterocycles. The third-order valence-electron chi connectivity index (χ3n) is 4.48. The lowest BCUT2D eigenvalue weighted by Gasteiger charge is -2.18. The van der Waals surface area contributed by atoms with E-state index in [0.29, 0.717) is 35.0 Å². The zero-order valence-electron chi connectivity index (χ0n) is 12.4. The van der Waals surface area contributed by atoms with Crippen molar-refractivity contribution in [2.45, 2.75) is 11.8 Å². The van der Waals surface area contributed by atoms with Gasteiger partial charge in [0, 0.05) is 29.2 Å². The highest BCUT2D eigenvalue weighted by Gasteiger charge is 2.42. The van der Waals surface area contributed by atoms with Crippen molar-refractivity contribution >= 4 is 44.0 Å². The van der Waals surface area contributed by atoms with Crippen molar-refractivity contribution in [1.82, 2.24) is 9.62 Å². The number of rotatable bonds is 3. The maximum Gasteiger partial charge on any atom is 0.274 e. The van der Waals surface area contributed by atoms with Crippen LogP contribution in [0.25, 0.3) is 0 Å². The molecule has 2 saturated heterocycles. The van der Waals surface area contributed by atoms with E-state index in [0.717, 1.165) is 19.2 Å². The fourth-order valence-electron chi connectivity index (χ4n) is 3.14. The number of halogens is 2.